The van der Waals surface area contributed by atoms with Gasteiger partial charge in [-0.2, -0.15) is 0 Å². The van der Waals surface area contributed by atoms with Gasteiger partial charge in [-0.05, 0) is 53.9 Å². The van der Waals surface area contributed by atoms with Crippen molar-refractivity contribution in [3.8, 4) is 0 Å². The van der Waals surface area contributed by atoms with Crippen LogP contribution in [0.3, 0.4) is 0 Å². The maximum Gasteiger partial charge on any atom is 0.0486 e. The zero-order valence-corrected chi connectivity index (χ0v) is 13.5. The zero-order chi connectivity index (χ0) is 13.4. The van der Waals surface area contributed by atoms with Crippen LogP contribution in [0.1, 0.15) is 57.9 Å². The molecule has 0 aliphatic heterocycles. The highest BCUT2D eigenvalue weighted by Crippen LogP contribution is 2.24. The molecule has 1 aromatic rings. The molecule has 0 aliphatic rings. The average molecular weight is 312 g/mol. The van der Waals surface area contributed by atoms with Crippen LogP contribution in [0.15, 0.2) is 22.7 Å². The fourth-order valence-electron chi connectivity index (χ4n) is 2.13. The standard InChI is InChI=1S/C16H26BrN/c1-4-5-6-7-8-9-14(3)18-16-11-10-13(2)12-15(16)17/h10-12,14,18H,4-9H2,1-3H3. The molecule has 2 heteroatoms. The molecule has 0 bridgehead atoms. The van der Waals surface area contributed by atoms with Crippen molar-refractivity contribution in [1.29, 1.82) is 0 Å². The number of halogens is 1. The van der Waals surface area contributed by atoms with Gasteiger partial charge in [0.1, 0.15) is 0 Å². The highest BCUT2D eigenvalue weighted by molar-refractivity contribution is 9.10. The number of hydrogen-bond acceptors (Lipinski definition) is 1. The molecule has 0 saturated heterocycles. The van der Waals surface area contributed by atoms with E-state index in [1.165, 1.54) is 54.2 Å². The minimum Gasteiger partial charge on any atom is -0.382 e. The molecule has 0 saturated carbocycles. The Balaban J connectivity index is 2.28. The Labute approximate surface area is 120 Å². The van der Waals surface area contributed by atoms with Crippen LogP contribution in [0.2, 0.25) is 0 Å². The van der Waals surface area contributed by atoms with Gasteiger partial charge in [0, 0.05) is 16.2 Å². The molecule has 0 heterocycles. The monoisotopic (exact) mass is 311 g/mol. The van der Waals surface area contributed by atoms with E-state index < -0.39 is 0 Å². The predicted molar refractivity (Wildman–Crippen MR) is 85.3 cm³/mol. The van der Waals surface area contributed by atoms with E-state index in [2.05, 4.69) is 60.2 Å². The van der Waals surface area contributed by atoms with Crippen molar-refractivity contribution in [3.05, 3.63) is 28.2 Å². The second-order valence-electron chi connectivity index (χ2n) is 5.23. The first-order chi connectivity index (χ1) is 8.63. The van der Waals surface area contributed by atoms with Crippen molar-refractivity contribution in [2.24, 2.45) is 0 Å². The molecule has 0 spiro atoms. The lowest BCUT2D eigenvalue weighted by atomic mass is 10.1. The molecule has 0 amide bonds. The van der Waals surface area contributed by atoms with E-state index in [9.17, 15) is 0 Å². The summed E-state index contributed by atoms with van der Waals surface area (Å²) in [4.78, 5) is 0. The summed E-state index contributed by atoms with van der Waals surface area (Å²) < 4.78 is 1.17. The van der Waals surface area contributed by atoms with Crippen LogP contribution in [-0.4, -0.2) is 6.04 Å². The Morgan fingerprint density at radius 1 is 1.17 bits per heavy atom. The van der Waals surface area contributed by atoms with Gasteiger partial charge in [-0.1, -0.05) is 45.1 Å². The number of benzene rings is 1. The van der Waals surface area contributed by atoms with Crippen LogP contribution < -0.4 is 5.32 Å². The summed E-state index contributed by atoms with van der Waals surface area (Å²) in [5, 5.41) is 3.58. The molecular formula is C16H26BrN. The number of hydrogen-bond donors (Lipinski definition) is 1. The number of nitrogens with one attached hydrogen (secondary N) is 1. The number of rotatable bonds is 8. The summed E-state index contributed by atoms with van der Waals surface area (Å²) in [7, 11) is 0. The summed E-state index contributed by atoms with van der Waals surface area (Å²) in [6.07, 6.45) is 8.05. The third-order valence-corrected chi connectivity index (χ3v) is 3.92. The Bertz CT molecular complexity index is 349. The lowest BCUT2D eigenvalue weighted by Crippen LogP contribution is -2.15. The van der Waals surface area contributed by atoms with Gasteiger partial charge >= 0.3 is 0 Å². The Morgan fingerprint density at radius 3 is 2.56 bits per heavy atom. The number of aryl methyl sites for hydroxylation is 1. The molecule has 1 rings (SSSR count). The number of unbranched alkanes of at least 4 members (excludes halogenated alkanes) is 4. The van der Waals surface area contributed by atoms with Gasteiger partial charge in [0.15, 0.2) is 0 Å². The number of anilines is 1. The van der Waals surface area contributed by atoms with Crippen LogP contribution in [-0.2, 0) is 0 Å². The molecular weight excluding hydrogens is 286 g/mol. The van der Waals surface area contributed by atoms with Gasteiger partial charge in [-0.25, -0.2) is 0 Å². The van der Waals surface area contributed by atoms with Gasteiger partial charge in [0.05, 0.1) is 0 Å². The van der Waals surface area contributed by atoms with Crippen LogP contribution >= 0.6 is 15.9 Å². The molecule has 0 aliphatic carbocycles. The summed E-state index contributed by atoms with van der Waals surface area (Å²) >= 11 is 3.62. The van der Waals surface area contributed by atoms with E-state index in [1.807, 2.05) is 0 Å². The second-order valence-corrected chi connectivity index (χ2v) is 6.09. The minimum absolute atomic E-state index is 0.547. The third-order valence-electron chi connectivity index (χ3n) is 3.27. The van der Waals surface area contributed by atoms with E-state index >= 15 is 0 Å². The first kappa shape index (κ1) is 15.6. The van der Waals surface area contributed by atoms with Crippen molar-refractivity contribution in [2.45, 2.75) is 65.3 Å². The molecule has 1 nitrogen and oxygen atoms in total. The lowest BCUT2D eigenvalue weighted by molar-refractivity contribution is 0.578. The predicted octanol–water partition coefficient (Wildman–Crippen LogP) is 5.92. The fourth-order valence-corrected chi connectivity index (χ4v) is 2.74. The van der Waals surface area contributed by atoms with E-state index in [-0.39, 0.29) is 0 Å². The van der Waals surface area contributed by atoms with Crippen molar-refractivity contribution >= 4 is 21.6 Å². The lowest BCUT2D eigenvalue weighted by Gasteiger charge is -2.16. The van der Waals surface area contributed by atoms with Gasteiger partial charge in [-0.3, -0.25) is 0 Å². The molecule has 0 aromatic heterocycles. The largest absolute Gasteiger partial charge is 0.382 e. The Morgan fingerprint density at radius 2 is 1.89 bits per heavy atom. The molecule has 1 N–H and O–H groups in total. The van der Waals surface area contributed by atoms with Crippen molar-refractivity contribution in [1.82, 2.24) is 0 Å². The van der Waals surface area contributed by atoms with E-state index in [1.54, 1.807) is 0 Å². The normalized spacial score (nSPS) is 12.4. The summed E-state index contributed by atoms with van der Waals surface area (Å²) in [6, 6.07) is 7.02. The third kappa shape index (κ3) is 5.90. The zero-order valence-electron chi connectivity index (χ0n) is 11.9. The molecule has 102 valence electrons. The minimum atomic E-state index is 0.547. The van der Waals surface area contributed by atoms with E-state index in [4.69, 9.17) is 0 Å². The fraction of sp³-hybridized carbons (Fsp3) is 0.625. The Hall–Kier alpha value is -0.500. The van der Waals surface area contributed by atoms with Gasteiger partial charge < -0.3 is 5.32 Å². The highest BCUT2D eigenvalue weighted by atomic mass is 79.9. The molecule has 1 aromatic carbocycles. The van der Waals surface area contributed by atoms with Crippen molar-refractivity contribution < 1.29 is 0 Å². The van der Waals surface area contributed by atoms with E-state index in [0.29, 0.717) is 6.04 Å². The summed E-state index contributed by atoms with van der Waals surface area (Å²) in [6.45, 7) is 6.65. The van der Waals surface area contributed by atoms with E-state index in [0.717, 1.165) is 0 Å². The van der Waals surface area contributed by atoms with Crippen molar-refractivity contribution in [2.75, 3.05) is 5.32 Å². The van der Waals surface area contributed by atoms with Crippen LogP contribution in [0.25, 0.3) is 0 Å². The SMILES string of the molecule is CCCCCCCC(C)Nc1ccc(C)cc1Br. The molecule has 1 unspecified atom stereocenters. The van der Waals surface area contributed by atoms with Gasteiger partial charge in [0.2, 0.25) is 0 Å². The first-order valence-electron chi connectivity index (χ1n) is 7.16. The van der Waals surface area contributed by atoms with Gasteiger partial charge in [-0.15, -0.1) is 0 Å². The van der Waals surface area contributed by atoms with Crippen molar-refractivity contribution in [3.63, 3.8) is 0 Å². The quantitative estimate of drug-likeness (QED) is 0.588. The van der Waals surface area contributed by atoms with Crippen LogP contribution in [0.5, 0.6) is 0 Å². The molecule has 18 heavy (non-hydrogen) atoms. The van der Waals surface area contributed by atoms with Gasteiger partial charge in [0.25, 0.3) is 0 Å². The average Bonchev–Trinajstić information content (AvgIpc) is 2.32. The molecule has 1 atom stereocenters. The summed E-state index contributed by atoms with van der Waals surface area (Å²) in [5.74, 6) is 0. The molecule has 0 fully saturated rings. The second kappa shape index (κ2) is 8.58. The van der Waals surface area contributed by atoms with Crippen LogP contribution in [0.4, 0.5) is 5.69 Å². The molecule has 0 radical (unpaired) electrons. The summed E-state index contributed by atoms with van der Waals surface area (Å²) in [5.41, 5.74) is 2.50. The smallest absolute Gasteiger partial charge is 0.0486 e. The topological polar surface area (TPSA) is 12.0 Å². The maximum atomic E-state index is 3.62. The first-order valence-corrected chi connectivity index (χ1v) is 7.95. The maximum absolute atomic E-state index is 3.62. The van der Waals surface area contributed by atoms with Crippen LogP contribution in [0, 0.1) is 6.92 Å². The highest BCUT2D eigenvalue weighted by Gasteiger charge is 2.05. The Kier molecular flexibility index (Phi) is 7.41.